The molecule has 0 aliphatic rings. The van der Waals surface area contributed by atoms with Crippen molar-refractivity contribution in [2.45, 2.75) is 117 Å². The van der Waals surface area contributed by atoms with Gasteiger partial charge in [-0.3, -0.25) is 0 Å². The first-order chi connectivity index (χ1) is 17.2. The molecule has 1 heterocycles. The molecule has 5 heteroatoms. The minimum Gasteiger partial charge on any atom is -0.493 e. The third kappa shape index (κ3) is 12.9. The van der Waals surface area contributed by atoms with Crippen LogP contribution >= 0.6 is 0 Å². The van der Waals surface area contributed by atoms with Gasteiger partial charge in [-0.25, -0.2) is 14.4 Å². The van der Waals surface area contributed by atoms with Gasteiger partial charge in [0.05, 0.1) is 31.2 Å². The van der Waals surface area contributed by atoms with Gasteiger partial charge in [-0.1, -0.05) is 104 Å². The predicted molar refractivity (Wildman–Crippen MR) is 144 cm³/mol. The zero-order valence-corrected chi connectivity index (χ0v) is 22.2. The van der Waals surface area contributed by atoms with Gasteiger partial charge in [0, 0.05) is 6.07 Å². The average Bonchev–Trinajstić information content (AvgIpc) is 2.87. The Kier molecular flexibility index (Phi) is 15.8. The molecule has 0 radical (unpaired) electrons. The molecule has 0 spiro atoms. The van der Waals surface area contributed by atoms with Gasteiger partial charge in [-0.2, -0.15) is 0 Å². The lowest BCUT2D eigenvalue weighted by Gasteiger charge is -2.09. The van der Waals surface area contributed by atoms with Gasteiger partial charge in [0.2, 0.25) is 0 Å². The van der Waals surface area contributed by atoms with Crippen LogP contribution in [0.5, 0.6) is 11.5 Å². The molecule has 2 rings (SSSR count). The standard InChI is InChI=1S/C30H47FN2O2/c1-3-5-7-9-11-12-13-14-16-17-21-34-26-19-20-28(29(31)23-26)30-32-24-27(25-33-30)35-22-18-15-10-8-6-4-2/h19-20,23-25H,3-18,21-22H2,1-2H3. The van der Waals surface area contributed by atoms with Crippen molar-refractivity contribution in [1.82, 2.24) is 9.97 Å². The van der Waals surface area contributed by atoms with Crippen molar-refractivity contribution >= 4 is 0 Å². The molecule has 0 N–H and O–H groups in total. The van der Waals surface area contributed by atoms with Crippen LogP contribution < -0.4 is 9.47 Å². The fourth-order valence-electron chi connectivity index (χ4n) is 4.15. The molecule has 0 atom stereocenters. The number of nitrogens with zero attached hydrogens (tertiary/aromatic N) is 2. The number of hydrogen-bond donors (Lipinski definition) is 0. The van der Waals surface area contributed by atoms with Gasteiger partial charge < -0.3 is 9.47 Å². The fourth-order valence-corrected chi connectivity index (χ4v) is 4.15. The summed E-state index contributed by atoms with van der Waals surface area (Å²) in [6.45, 7) is 5.76. The Morgan fingerprint density at radius 2 is 1.06 bits per heavy atom. The van der Waals surface area contributed by atoms with Crippen molar-refractivity contribution in [1.29, 1.82) is 0 Å². The largest absolute Gasteiger partial charge is 0.493 e. The second-order valence-corrected chi connectivity index (χ2v) is 9.53. The maximum Gasteiger partial charge on any atom is 0.162 e. The number of rotatable bonds is 21. The quantitative estimate of drug-likeness (QED) is 0.165. The highest BCUT2D eigenvalue weighted by atomic mass is 19.1. The Labute approximate surface area is 213 Å². The SMILES string of the molecule is CCCCCCCCCCCCOc1ccc(-c2ncc(OCCCCCCCC)cn2)c(F)c1. The third-order valence-electron chi connectivity index (χ3n) is 6.34. The van der Waals surface area contributed by atoms with E-state index in [0.29, 0.717) is 36.1 Å². The topological polar surface area (TPSA) is 44.2 Å². The lowest BCUT2D eigenvalue weighted by Crippen LogP contribution is -2.00. The molecule has 0 fully saturated rings. The molecule has 2 aromatic rings. The zero-order chi connectivity index (χ0) is 25.0. The molecule has 0 aliphatic heterocycles. The predicted octanol–water partition coefficient (Wildman–Crippen LogP) is 9.32. The summed E-state index contributed by atoms with van der Waals surface area (Å²) in [5, 5.41) is 0. The van der Waals surface area contributed by atoms with Crippen LogP contribution in [0.25, 0.3) is 11.4 Å². The van der Waals surface area contributed by atoms with Gasteiger partial charge >= 0.3 is 0 Å². The van der Waals surface area contributed by atoms with E-state index < -0.39 is 0 Å². The first-order valence-corrected chi connectivity index (χ1v) is 14.1. The van der Waals surface area contributed by atoms with E-state index >= 15 is 0 Å². The lowest BCUT2D eigenvalue weighted by molar-refractivity contribution is 0.302. The van der Waals surface area contributed by atoms with Crippen LogP contribution in [0.1, 0.15) is 117 Å². The molecule has 0 amide bonds. The highest BCUT2D eigenvalue weighted by molar-refractivity contribution is 5.57. The molecule has 0 bridgehead atoms. The Morgan fingerprint density at radius 3 is 1.54 bits per heavy atom. The number of aromatic nitrogens is 2. The van der Waals surface area contributed by atoms with Crippen LogP contribution in [0.4, 0.5) is 4.39 Å². The smallest absolute Gasteiger partial charge is 0.162 e. The fraction of sp³-hybridized carbons (Fsp3) is 0.667. The minimum atomic E-state index is -0.369. The van der Waals surface area contributed by atoms with E-state index in [4.69, 9.17) is 9.47 Å². The minimum absolute atomic E-state index is 0.357. The van der Waals surface area contributed by atoms with Gasteiger partial charge in [0.1, 0.15) is 11.6 Å². The molecule has 0 aliphatic carbocycles. The maximum absolute atomic E-state index is 14.6. The van der Waals surface area contributed by atoms with Crippen LogP contribution in [0.2, 0.25) is 0 Å². The van der Waals surface area contributed by atoms with Crippen molar-refractivity contribution in [2.75, 3.05) is 13.2 Å². The lowest BCUT2D eigenvalue weighted by atomic mass is 10.1. The number of hydrogen-bond acceptors (Lipinski definition) is 4. The Morgan fingerprint density at radius 1 is 0.600 bits per heavy atom. The summed E-state index contributed by atoms with van der Waals surface area (Å²) >= 11 is 0. The highest BCUT2D eigenvalue weighted by Gasteiger charge is 2.10. The Hall–Kier alpha value is -2.17. The Bertz CT molecular complexity index is 782. The zero-order valence-electron chi connectivity index (χ0n) is 22.2. The second-order valence-electron chi connectivity index (χ2n) is 9.53. The normalized spacial score (nSPS) is 11.1. The van der Waals surface area contributed by atoms with Gasteiger partial charge in [-0.15, -0.1) is 0 Å². The van der Waals surface area contributed by atoms with Crippen molar-refractivity contribution in [2.24, 2.45) is 0 Å². The van der Waals surface area contributed by atoms with E-state index in [2.05, 4.69) is 23.8 Å². The van der Waals surface area contributed by atoms with Crippen molar-refractivity contribution in [3.8, 4) is 22.9 Å². The third-order valence-corrected chi connectivity index (χ3v) is 6.34. The molecule has 196 valence electrons. The van der Waals surface area contributed by atoms with Crippen LogP contribution in [0, 0.1) is 5.82 Å². The number of ether oxygens (including phenoxy) is 2. The van der Waals surface area contributed by atoms with Crippen molar-refractivity contribution in [3.63, 3.8) is 0 Å². The molecule has 0 saturated heterocycles. The Balaban J connectivity index is 1.62. The summed E-state index contributed by atoms with van der Waals surface area (Å²) in [6.07, 6.45) is 23.4. The van der Waals surface area contributed by atoms with Crippen LogP contribution in [0.3, 0.4) is 0 Å². The first kappa shape index (κ1) is 29.1. The number of benzene rings is 1. The van der Waals surface area contributed by atoms with Crippen LogP contribution in [0.15, 0.2) is 30.6 Å². The van der Waals surface area contributed by atoms with Gasteiger partial charge in [-0.05, 0) is 25.0 Å². The molecule has 35 heavy (non-hydrogen) atoms. The maximum atomic E-state index is 14.6. The molecule has 4 nitrogen and oxygen atoms in total. The molecular weight excluding hydrogens is 439 g/mol. The van der Waals surface area contributed by atoms with E-state index in [-0.39, 0.29) is 5.82 Å². The van der Waals surface area contributed by atoms with Crippen molar-refractivity contribution in [3.05, 3.63) is 36.4 Å². The summed E-state index contributed by atoms with van der Waals surface area (Å²) in [6, 6.07) is 4.91. The van der Waals surface area contributed by atoms with Crippen molar-refractivity contribution < 1.29 is 13.9 Å². The van der Waals surface area contributed by atoms with Gasteiger partial charge in [0.25, 0.3) is 0 Å². The van der Waals surface area contributed by atoms with Gasteiger partial charge in [0.15, 0.2) is 11.6 Å². The van der Waals surface area contributed by atoms with E-state index in [0.717, 1.165) is 19.3 Å². The molecule has 0 saturated carbocycles. The van der Waals surface area contributed by atoms with Crippen LogP contribution in [-0.4, -0.2) is 23.2 Å². The molecule has 0 unspecified atom stereocenters. The molecular formula is C30H47FN2O2. The first-order valence-electron chi connectivity index (χ1n) is 14.1. The number of halogens is 1. The highest BCUT2D eigenvalue weighted by Crippen LogP contribution is 2.24. The molecule has 1 aromatic carbocycles. The summed E-state index contributed by atoms with van der Waals surface area (Å²) in [4.78, 5) is 8.59. The average molecular weight is 487 g/mol. The van der Waals surface area contributed by atoms with E-state index in [9.17, 15) is 4.39 Å². The monoisotopic (exact) mass is 486 g/mol. The van der Waals surface area contributed by atoms with Crippen LogP contribution in [-0.2, 0) is 0 Å². The summed E-state index contributed by atoms with van der Waals surface area (Å²) in [5.74, 6) is 1.17. The van der Waals surface area contributed by atoms with E-state index in [1.165, 1.54) is 89.5 Å². The van der Waals surface area contributed by atoms with E-state index in [1.807, 2.05) is 0 Å². The molecule has 1 aromatic heterocycles. The summed E-state index contributed by atoms with van der Waals surface area (Å²) in [5.41, 5.74) is 0.374. The summed E-state index contributed by atoms with van der Waals surface area (Å²) < 4.78 is 26.1. The summed E-state index contributed by atoms with van der Waals surface area (Å²) in [7, 11) is 0. The number of unbranched alkanes of at least 4 members (excludes halogenated alkanes) is 14. The van der Waals surface area contributed by atoms with E-state index in [1.54, 1.807) is 24.5 Å². The second kappa shape index (κ2) is 19.1.